The highest BCUT2D eigenvalue weighted by Crippen LogP contribution is 2.19. The van der Waals surface area contributed by atoms with Gasteiger partial charge in [-0.25, -0.2) is 18.4 Å². The summed E-state index contributed by atoms with van der Waals surface area (Å²) in [5.74, 6) is 0.759. The molecule has 0 spiro atoms. The van der Waals surface area contributed by atoms with Gasteiger partial charge in [0, 0.05) is 38.8 Å². The maximum Gasteiger partial charge on any atom is 0.413 e. The summed E-state index contributed by atoms with van der Waals surface area (Å²) in [6.07, 6.45) is 0.270. The number of carbonyl (C=O) groups excluding carboxylic acids is 2. The fourth-order valence-corrected chi connectivity index (χ4v) is 4.06. The first kappa shape index (κ1) is 24.4. The minimum absolute atomic E-state index is 0.0569. The van der Waals surface area contributed by atoms with E-state index in [0.717, 1.165) is 6.42 Å². The van der Waals surface area contributed by atoms with Gasteiger partial charge in [-0.2, -0.15) is 0 Å². The molecule has 0 atom stereocenters. The zero-order valence-electron chi connectivity index (χ0n) is 18.6. The van der Waals surface area contributed by atoms with Gasteiger partial charge in [0.2, 0.25) is 15.9 Å². The number of hydrogen-bond donors (Lipinski definition) is 2. The Kier molecular flexibility index (Phi) is 7.82. The molecule has 33 heavy (non-hydrogen) atoms. The van der Waals surface area contributed by atoms with E-state index in [1.54, 1.807) is 23.1 Å². The minimum atomic E-state index is -4.01. The number of piperazine rings is 1. The third-order valence-electron chi connectivity index (χ3n) is 5.13. The Balaban J connectivity index is 1.55. The van der Waals surface area contributed by atoms with Crippen LogP contribution in [-0.4, -0.2) is 68.2 Å². The number of benzene rings is 1. The summed E-state index contributed by atoms with van der Waals surface area (Å²) in [5.41, 5.74) is 0.0569. The zero-order valence-corrected chi connectivity index (χ0v) is 19.4. The van der Waals surface area contributed by atoms with E-state index < -0.39 is 22.0 Å². The van der Waals surface area contributed by atoms with Crippen LogP contribution < -0.4 is 20.1 Å². The smallest absolute Gasteiger partial charge is 0.390 e. The van der Waals surface area contributed by atoms with Gasteiger partial charge in [-0.1, -0.05) is 26.0 Å². The molecule has 1 aliphatic heterocycles. The van der Waals surface area contributed by atoms with Gasteiger partial charge in [0.1, 0.15) is 0 Å². The lowest BCUT2D eigenvalue weighted by Crippen LogP contribution is -2.49. The molecule has 1 aromatic heterocycles. The highest BCUT2D eigenvalue weighted by molar-refractivity contribution is 7.89. The van der Waals surface area contributed by atoms with Gasteiger partial charge in [0.15, 0.2) is 5.82 Å². The van der Waals surface area contributed by atoms with Crippen LogP contribution in [0.3, 0.4) is 0 Å². The number of anilines is 1. The monoisotopic (exact) mass is 476 g/mol. The summed E-state index contributed by atoms with van der Waals surface area (Å²) in [7, 11) is -4.01. The van der Waals surface area contributed by atoms with E-state index in [1.165, 1.54) is 18.2 Å². The molecule has 1 aliphatic rings. The molecule has 0 saturated carbocycles. The molecule has 2 heterocycles. The number of nitrogens with zero attached hydrogens (tertiary/aromatic N) is 4. The van der Waals surface area contributed by atoms with Crippen LogP contribution in [-0.2, 0) is 10.0 Å². The van der Waals surface area contributed by atoms with Crippen molar-refractivity contribution in [3.05, 3.63) is 42.0 Å². The third-order valence-corrected chi connectivity index (χ3v) is 6.10. The molecule has 11 nitrogen and oxygen atoms in total. The van der Waals surface area contributed by atoms with Crippen molar-refractivity contribution in [1.29, 1.82) is 0 Å². The van der Waals surface area contributed by atoms with Crippen molar-refractivity contribution in [3.63, 3.8) is 0 Å². The number of rotatable bonds is 7. The minimum Gasteiger partial charge on any atom is -0.390 e. The van der Waals surface area contributed by atoms with Gasteiger partial charge in [-0.3, -0.25) is 4.79 Å². The normalized spacial score (nSPS) is 14.3. The number of hydrogen-bond acceptors (Lipinski definition) is 8. The summed E-state index contributed by atoms with van der Waals surface area (Å²) in [6.45, 7) is 6.35. The fourth-order valence-electron chi connectivity index (χ4n) is 3.33. The summed E-state index contributed by atoms with van der Waals surface area (Å²) in [5, 5.41) is 16.0. The van der Waals surface area contributed by atoms with Crippen molar-refractivity contribution in [2.24, 2.45) is 11.1 Å². The average molecular weight is 477 g/mol. The van der Waals surface area contributed by atoms with Gasteiger partial charge in [0.05, 0.1) is 10.5 Å². The fraction of sp³-hybridized carbons (Fsp3) is 0.429. The second kappa shape index (κ2) is 10.6. The first-order valence-corrected chi connectivity index (χ1v) is 12.1. The largest absolute Gasteiger partial charge is 0.413 e. The van der Waals surface area contributed by atoms with Crippen molar-refractivity contribution in [2.45, 2.75) is 25.2 Å². The van der Waals surface area contributed by atoms with Crippen molar-refractivity contribution in [1.82, 2.24) is 20.4 Å². The third kappa shape index (κ3) is 6.62. The summed E-state index contributed by atoms with van der Waals surface area (Å²) >= 11 is 0. The van der Waals surface area contributed by atoms with Crippen molar-refractivity contribution in [2.75, 3.05) is 37.6 Å². The Labute approximate surface area is 193 Å². The number of primary sulfonamides is 1. The Morgan fingerprint density at radius 3 is 2.39 bits per heavy atom. The van der Waals surface area contributed by atoms with Crippen LogP contribution in [0.4, 0.5) is 10.6 Å². The number of sulfonamides is 1. The Bertz CT molecular complexity index is 1080. The lowest BCUT2D eigenvalue weighted by atomic mass is 10.1. The quantitative estimate of drug-likeness (QED) is 0.606. The highest BCUT2D eigenvalue weighted by Gasteiger charge is 2.27. The first-order chi connectivity index (χ1) is 15.6. The van der Waals surface area contributed by atoms with E-state index in [1.807, 2.05) is 4.90 Å². The molecule has 2 aromatic rings. The Hall–Kier alpha value is -3.25. The molecule has 0 bridgehead atoms. The van der Waals surface area contributed by atoms with Gasteiger partial charge in [-0.05, 0) is 30.5 Å². The first-order valence-electron chi connectivity index (χ1n) is 10.6. The lowest BCUT2D eigenvalue weighted by molar-refractivity contribution is 0.0742. The number of aromatic nitrogens is 2. The number of nitrogens with two attached hydrogens (primary N) is 1. The number of ether oxygens (including phenoxy) is 1. The average Bonchev–Trinajstić information content (AvgIpc) is 2.78. The molecule has 0 radical (unpaired) electrons. The standard InChI is InChI=1S/C21H28N6O5S/c1-15(2)9-10-23-21(29)32-19-8-7-18(24-25-19)26-11-13-27(14-12-26)20(28)16-5-3-4-6-17(16)33(22,30)31/h3-8,15H,9-14H2,1-2H3,(H,23,29)(H2,22,30,31). The molecule has 0 unspecified atom stereocenters. The topological polar surface area (TPSA) is 148 Å². The number of amides is 2. The van der Waals surface area contributed by atoms with Crippen LogP contribution >= 0.6 is 0 Å². The SMILES string of the molecule is CC(C)CCNC(=O)Oc1ccc(N2CCN(C(=O)c3ccccc3S(N)(=O)=O)CC2)nn1. The van der Waals surface area contributed by atoms with Crippen LogP contribution in [0.1, 0.15) is 30.6 Å². The van der Waals surface area contributed by atoms with Crippen molar-refractivity contribution >= 4 is 27.8 Å². The van der Waals surface area contributed by atoms with E-state index in [9.17, 15) is 18.0 Å². The maximum atomic E-state index is 12.9. The molecule has 0 aliphatic carbocycles. The van der Waals surface area contributed by atoms with Crippen LogP contribution in [0.5, 0.6) is 5.88 Å². The predicted molar refractivity (Wildman–Crippen MR) is 121 cm³/mol. The number of nitrogens with one attached hydrogen (secondary N) is 1. The molecule has 1 saturated heterocycles. The molecule has 3 N–H and O–H groups in total. The summed E-state index contributed by atoms with van der Waals surface area (Å²) in [6, 6.07) is 9.15. The second-order valence-electron chi connectivity index (χ2n) is 8.05. The van der Waals surface area contributed by atoms with Gasteiger partial charge in [-0.15, -0.1) is 10.2 Å². The van der Waals surface area contributed by atoms with Gasteiger partial charge < -0.3 is 19.9 Å². The van der Waals surface area contributed by atoms with Crippen LogP contribution in [0.2, 0.25) is 0 Å². The van der Waals surface area contributed by atoms with Crippen LogP contribution in [0, 0.1) is 5.92 Å². The van der Waals surface area contributed by atoms with E-state index in [0.29, 0.717) is 44.5 Å². The van der Waals surface area contributed by atoms with E-state index in [2.05, 4.69) is 29.4 Å². The van der Waals surface area contributed by atoms with Crippen LogP contribution in [0.15, 0.2) is 41.3 Å². The van der Waals surface area contributed by atoms with Crippen LogP contribution in [0.25, 0.3) is 0 Å². The maximum absolute atomic E-state index is 12.9. The zero-order chi connectivity index (χ0) is 24.0. The van der Waals surface area contributed by atoms with Crippen molar-refractivity contribution in [3.8, 4) is 5.88 Å². The molecule has 1 fully saturated rings. The molecular formula is C21H28N6O5S. The molecule has 3 rings (SSSR count). The predicted octanol–water partition coefficient (Wildman–Crippen LogP) is 1.22. The number of carbonyl (C=O) groups is 2. The molecule has 12 heteroatoms. The Morgan fingerprint density at radius 2 is 1.79 bits per heavy atom. The van der Waals surface area contributed by atoms with Gasteiger partial charge >= 0.3 is 6.09 Å². The van der Waals surface area contributed by atoms with Gasteiger partial charge in [0.25, 0.3) is 5.91 Å². The summed E-state index contributed by atoms with van der Waals surface area (Å²) in [4.78, 5) is 28.0. The second-order valence-corrected chi connectivity index (χ2v) is 9.58. The lowest BCUT2D eigenvalue weighted by Gasteiger charge is -2.35. The molecule has 1 aromatic carbocycles. The van der Waals surface area contributed by atoms with E-state index in [-0.39, 0.29) is 16.3 Å². The van der Waals surface area contributed by atoms with Crippen molar-refractivity contribution < 1.29 is 22.7 Å². The molecule has 2 amide bonds. The molecular weight excluding hydrogens is 448 g/mol. The highest BCUT2D eigenvalue weighted by atomic mass is 32.2. The Morgan fingerprint density at radius 1 is 1.09 bits per heavy atom. The van der Waals surface area contributed by atoms with E-state index in [4.69, 9.17) is 9.88 Å². The summed E-state index contributed by atoms with van der Waals surface area (Å²) < 4.78 is 28.7. The molecule has 178 valence electrons. The van der Waals surface area contributed by atoms with E-state index >= 15 is 0 Å².